The summed E-state index contributed by atoms with van der Waals surface area (Å²) in [7, 11) is 0. The van der Waals surface area contributed by atoms with Crippen LogP contribution in [0.25, 0.3) is 0 Å². The van der Waals surface area contributed by atoms with E-state index in [-0.39, 0.29) is 5.92 Å². The van der Waals surface area contributed by atoms with Gasteiger partial charge in [0.1, 0.15) is 0 Å². The van der Waals surface area contributed by atoms with Gasteiger partial charge in [-0.1, -0.05) is 29.3 Å². The molecular weight excluding hydrogens is 309 g/mol. The van der Waals surface area contributed by atoms with Crippen LogP contribution in [0.4, 0.5) is 13.2 Å². The maximum atomic E-state index is 12.7. The normalized spacial score (nSPS) is 27.3. The number of hydrogen-bond donors (Lipinski definition) is 1. The van der Waals surface area contributed by atoms with E-state index in [1.54, 1.807) is 0 Å². The Bertz CT molecular complexity index is 458. The Hall–Kier alpha value is -0.550. The van der Waals surface area contributed by atoms with E-state index in [1.165, 1.54) is 6.07 Å². The molecular formula is C13H14BrF3O. The number of halogens is 4. The summed E-state index contributed by atoms with van der Waals surface area (Å²) in [4.78, 5) is 0. The predicted octanol–water partition coefficient (Wildman–Crippen LogP) is 4.48. The summed E-state index contributed by atoms with van der Waals surface area (Å²) in [6.07, 6.45) is -2.08. The number of alkyl halides is 3. The van der Waals surface area contributed by atoms with E-state index in [0.29, 0.717) is 16.5 Å². The number of benzene rings is 1. The first-order valence-corrected chi connectivity index (χ1v) is 6.68. The summed E-state index contributed by atoms with van der Waals surface area (Å²) in [5.41, 5.74) is -1.44. The summed E-state index contributed by atoms with van der Waals surface area (Å²) in [6, 6.07) is 3.44. The van der Waals surface area contributed by atoms with E-state index in [9.17, 15) is 18.3 Å². The minimum absolute atomic E-state index is 0.0716. The van der Waals surface area contributed by atoms with E-state index in [2.05, 4.69) is 15.9 Å². The van der Waals surface area contributed by atoms with Crippen molar-refractivity contribution in [1.82, 2.24) is 0 Å². The Morgan fingerprint density at radius 3 is 2.67 bits per heavy atom. The first-order chi connectivity index (χ1) is 8.29. The summed E-state index contributed by atoms with van der Waals surface area (Å²) in [6.45, 7) is 2.00. The van der Waals surface area contributed by atoms with Crippen molar-refractivity contribution in [2.75, 3.05) is 0 Å². The van der Waals surface area contributed by atoms with Gasteiger partial charge in [-0.15, -0.1) is 0 Å². The molecule has 0 aromatic heterocycles. The topological polar surface area (TPSA) is 20.2 Å². The predicted molar refractivity (Wildman–Crippen MR) is 66.1 cm³/mol. The number of hydrogen-bond acceptors (Lipinski definition) is 1. The Morgan fingerprint density at radius 2 is 2.11 bits per heavy atom. The van der Waals surface area contributed by atoms with Gasteiger partial charge >= 0.3 is 6.18 Å². The standard InChI is InChI=1S/C13H14BrF3O/c1-2-3-9-7-12(9,18)10-6-8(13(15,16)17)4-5-11(10)14/h4-6,9,18H,2-3,7H2,1H3. The fourth-order valence-electron chi connectivity index (χ4n) is 2.37. The van der Waals surface area contributed by atoms with Gasteiger partial charge in [-0.2, -0.15) is 13.2 Å². The first-order valence-electron chi connectivity index (χ1n) is 5.88. The van der Waals surface area contributed by atoms with Crippen LogP contribution in [0, 0.1) is 5.92 Å². The summed E-state index contributed by atoms with van der Waals surface area (Å²) in [5.74, 6) is 0.0716. The van der Waals surface area contributed by atoms with Crippen molar-refractivity contribution in [2.45, 2.75) is 38.0 Å². The van der Waals surface area contributed by atoms with Gasteiger partial charge < -0.3 is 5.11 Å². The van der Waals surface area contributed by atoms with Crippen LogP contribution in [0.15, 0.2) is 22.7 Å². The Balaban J connectivity index is 2.34. The smallest absolute Gasteiger partial charge is 0.385 e. The van der Waals surface area contributed by atoms with Gasteiger partial charge in [-0.3, -0.25) is 0 Å². The molecule has 1 N–H and O–H groups in total. The minimum atomic E-state index is -4.37. The van der Waals surface area contributed by atoms with Crippen LogP contribution in [-0.2, 0) is 11.8 Å². The van der Waals surface area contributed by atoms with Crippen molar-refractivity contribution in [3.8, 4) is 0 Å². The van der Waals surface area contributed by atoms with E-state index >= 15 is 0 Å². The second-order valence-corrected chi connectivity index (χ2v) is 5.66. The molecule has 0 saturated heterocycles. The fraction of sp³-hybridized carbons (Fsp3) is 0.538. The Morgan fingerprint density at radius 1 is 1.44 bits per heavy atom. The largest absolute Gasteiger partial charge is 0.416 e. The van der Waals surface area contributed by atoms with E-state index in [4.69, 9.17) is 0 Å². The van der Waals surface area contributed by atoms with E-state index in [0.717, 1.165) is 25.0 Å². The molecule has 18 heavy (non-hydrogen) atoms. The SMILES string of the molecule is CCCC1CC1(O)c1cc(C(F)(F)F)ccc1Br. The van der Waals surface area contributed by atoms with Crippen molar-refractivity contribution in [2.24, 2.45) is 5.92 Å². The van der Waals surface area contributed by atoms with Crippen LogP contribution in [0.5, 0.6) is 0 Å². The highest BCUT2D eigenvalue weighted by molar-refractivity contribution is 9.10. The molecule has 0 aliphatic heterocycles. The molecule has 2 atom stereocenters. The third-order valence-corrected chi connectivity index (χ3v) is 4.16. The minimum Gasteiger partial charge on any atom is -0.385 e. The van der Waals surface area contributed by atoms with Gasteiger partial charge in [-0.25, -0.2) is 0 Å². The van der Waals surface area contributed by atoms with Crippen molar-refractivity contribution >= 4 is 15.9 Å². The van der Waals surface area contributed by atoms with Crippen LogP contribution in [0.2, 0.25) is 0 Å². The van der Waals surface area contributed by atoms with E-state index in [1.807, 2.05) is 6.92 Å². The second kappa shape index (κ2) is 4.53. The molecule has 2 unspecified atom stereocenters. The molecule has 0 heterocycles. The molecule has 1 aliphatic carbocycles. The molecule has 0 radical (unpaired) electrons. The lowest BCUT2D eigenvalue weighted by molar-refractivity contribution is -0.137. The van der Waals surface area contributed by atoms with Gasteiger partial charge in [-0.05, 0) is 42.5 Å². The molecule has 1 fully saturated rings. The molecule has 1 saturated carbocycles. The highest BCUT2D eigenvalue weighted by Gasteiger charge is 2.54. The van der Waals surface area contributed by atoms with Crippen molar-refractivity contribution in [3.05, 3.63) is 33.8 Å². The monoisotopic (exact) mass is 322 g/mol. The average molecular weight is 323 g/mol. The maximum Gasteiger partial charge on any atom is 0.416 e. The lowest BCUT2D eigenvalue weighted by Gasteiger charge is -2.16. The van der Waals surface area contributed by atoms with Gasteiger partial charge in [0.15, 0.2) is 0 Å². The van der Waals surface area contributed by atoms with Crippen molar-refractivity contribution in [3.63, 3.8) is 0 Å². The molecule has 0 spiro atoms. The van der Waals surface area contributed by atoms with Crippen molar-refractivity contribution < 1.29 is 18.3 Å². The van der Waals surface area contributed by atoms with Crippen LogP contribution < -0.4 is 0 Å². The third-order valence-electron chi connectivity index (χ3n) is 3.47. The Kier molecular flexibility index (Phi) is 3.49. The molecule has 1 aromatic rings. The van der Waals surface area contributed by atoms with Crippen LogP contribution in [0.1, 0.15) is 37.3 Å². The zero-order chi connectivity index (χ0) is 13.6. The number of rotatable bonds is 3. The fourth-order valence-corrected chi connectivity index (χ4v) is 2.96. The Labute approximate surface area is 112 Å². The summed E-state index contributed by atoms with van der Waals surface area (Å²) < 4.78 is 38.5. The van der Waals surface area contributed by atoms with Crippen molar-refractivity contribution in [1.29, 1.82) is 0 Å². The molecule has 1 aromatic carbocycles. The summed E-state index contributed by atoms with van der Waals surface area (Å²) >= 11 is 3.22. The lowest BCUT2D eigenvalue weighted by Crippen LogP contribution is -2.13. The molecule has 2 rings (SSSR count). The van der Waals surface area contributed by atoms with Gasteiger partial charge in [0.25, 0.3) is 0 Å². The van der Waals surface area contributed by atoms with E-state index < -0.39 is 17.3 Å². The van der Waals surface area contributed by atoms with Crippen LogP contribution in [0.3, 0.4) is 0 Å². The summed E-state index contributed by atoms with van der Waals surface area (Å²) in [5, 5.41) is 10.4. The molecule has 5 heteroatoms. The highest BCUT2D eigenvalue weighted by atomic mass is 79.9. The van der Waals surface area contributed by atoms with Gasteiger partial charge in [0.2, 0.25) is 0 Å². The second-order valence-electron chi connectivity index (χ2n) is 4.81. The average Bonchev–Trinajstić information content (AvgIpc) is 2.90. The molecule has 0 bridgehead atoms. The molecule has 1 nitrogen and oxygen atoms in total. The maximum absolute atomic E-state index is 12.7. The van der Waals surface area contributed by atoms with Crippen LogP contribution >= 0.6 is 15.9 Å². The highest BCUT2D eigenvalue weighted by Crippen LogP contribution is 2.56. The zero-order valence-electron chi connectivity index (χ0n) is 9.89. The first kappa shape index (κ1) is 13.9. The van der Waals surface area contributed by atoms with Gasteiger partial charge in [0, 0.05) is 4.47 Å². The quantitative estimate of drug-likeness (QED) is 0.870. The number of aliphatic hydroxyl groups is 1. The lowest BCUT2D eigenvalue weighted by atomic mass is 10.0. The zero-order valence-corrected chi connectivity index (χ0v) is 11.5. The molecule has 1 aliphatic rings. The third kappa shape index (κ3) is 2.43. The van der Waals surface area contributed by atoms with Gasteiger partial charge in [0.05, 0.1) is 11.2 Å². The molecule has 0 amide bonds. The molecule has 100 valence electrons. The van der Waals surface area contributed by atoms with Crippen LogP contribution in [-0.4, -0.2) is 5.11 Å².